The SMILES string of the molecule is NC(=O)c1ccc(SCC(=O)Nc2cccc(OC3CCCC3)c2)c([N+](=O)[O-])c1. The maximum atomic E-state index is 12.3. The molecule has 0 aliphatic heterocycles. The lowest BCUT2D eigenvalue weighted by Gasteiger charge is -2.14. The number of benzene rings is 2. The highest BCUT2D eigenvalue weighted by molar-refractivity contribution is 8.00. The zero-order chi connectivity index (χ0) is 20.8. The third-order valence-electron chi connectivity index (χ3n) is 4.52. The molecule has 9 heteroatoms. The Hall–Kier alpha value is -3.07. The highest BCUT2D eigenvalue weighted by Gasteiger charge is 2.19. The average molecular weight is 415 g/mol. The van der Waals surface area contributed by atoms with E-state index in [1.165, 1.54) is 25.0 Å². The minimum Gasteiger partial charge on any atom is -0.490 e. The van der Waals surface area contributed by atoms with Crippen LogP contribution in [-0.4, -0.2) is 28.6 Å². The summed E-state index contributed by atoms with van der Waals surface area (Å²) in [6, 6.07) is 11.1. The van der Waals surface area contributed by atoms with E-state index in [0.29, 0.717) is 11.4 Å². The first-order valence-electron chi connectivity index (χ1n) is 9.20. The minimum absolute atomic E-state index is 0.0233. The zero-order valence-electron chi connectivity index (χ0n) is 15.6. The molecule has 0 atom stereocenters. The Bertz CT molecular complexity index is 928. The molecule has 3 rings (SSSR count). The third kappa shape index (κ3) is 5.71. The largest absolute Gasteiger partial charge is 0.490 e. The number of nitrogens with zero attached hydrogens (tertiary/aromatic N) is 1. The second kappa shape index (κ2) is 9.42. The highest BCUT2D eigenvalue weighted by atomic mass is 32.2. The van der Waals surface area contributed by atoms with Crippen molar-refractivity contribution in [1.29, 1.82) is 0 Å². The van der Waals surface area contributed by atoms with Gasteiger partial charge in [0.2, 0.25) is 11.8 Å². The van der Waals surface area contributed by atoms with Gasteiger partial charge in [-0.05, 0) is 49.9 Å². The van der Waals surface area contributed by atoms with Crippen LogP contribution in [0.3, 0.4) is 0 Å². The second-order valence-electron chi connectivity index (χ2n) is 6.69. The Labute approximate surface area is 172 Å². The minimum atomic E-state index is -0.748. The van der Waals surface area contributed by atoms with Crippen molar-refractivity contribution in [1.82, 2.24) is 0 Å². The molecule has 152 valence electrons. The molecule has 2 amide bonds. The summed E-state index contributed by atoms with van der Waals surface area (Å²) in [5, 5.41) is 14.0. The molecule has 1 aliphatic rings. The predicted octanol–water partition coefficient (Wildman–Crippen LogP) is 3.75. The molecule has 1 saturated carbocycles. The van der Waals surface area contributed by atoms with Crippen LogP contribution in [0.5, 0.6) is 5.75 Å². The summed E-state index contributed by atoms with van der Waals surface area (Å²) in [5.74, 6) is -0.367. The predicted molar refractivity (Wildman–Crippen MR) is 110 cm³/mol. The van der Waals surface area contributed by atoms with Gasteiger partial charge in [0.1, 0.15) is 5.75 Å². The fourth-order valence-corrected chi connectivity index (χ4v) is 3.93. The van der Waals surface area contributed by atoms with Crippen molar-refractivity contribution < 1.29 is 19.2 Å². The number of primary amides is 1. The molecule has 2 aromatic rings. The third-order valence-corrected chi connectivity index (χ3v) is 5.58. The summed E-state index contributed by atoms with van der Waals surface area (Å²) in [6.45, 7) is 0. The van der Waals surface area contributed by atoms with E-state index in [1.807, 2.05) is 6.07 Å². The molecule has 0 radical (unpaired) electrons. The van der Waals surface area contributed by atoms with Gasteiger partial charge in [-0.25, -0.2) is 0 Å². The van der Waals surface area contributed by atoms with E-state index in [9.17, 15) is 19.7 Å². The average Bonchev–Trinajstić information content (AvgIpc) is 3.19. The molecule has 0 bridgehead atoms. The fourth-order valence-electron chi connectivity index (χ4n) is 3.12. The molecule has 0 heterocycles. The molecule has 1 fully saturated rings. The Morgan fingerprint density at radius 2 is 1.97 bits per heavy atom. The van der Waals surface area contributed by atoms with Crippen LogP contribution >= 0.6 is 11.8 Å². The summed E-state index contributed by atoms with van der Waals surface area (Å²) < 4.78 is 5.93. The molecule has 0 spiro atoms. The van der Waals surface area contributed by atoms with Crippen LogP contribution in [0.2, 0.25) is 0 Å². The Balaban J connectivity index is 1.60. The summed E-state index contributed by atoms with van der Waals surface area (Å²) in [5.41, 5.74) is 5.55. The Morgan fingerprint density at radius 3 is 2.66 bits per heavy atom. The van der Waals surface area contributed by atoms with E-state index in [2.05, 4.69) is 5.32 Å². The van der Waals surface area contributed by atoms with Crippen LogP contribution in [0, 0.1) is 10.1 Å². The molecule has 0 aromatic heterocycles. The van der Waals surface area contributed by atoms with E-state index < -0.39 is 10.8 Å². The van der Waals surface area contributed by atoms with Crippen molar-refractivity contribution in [2.75, 3.05) is 11.1 Å². The lowest BCUT2D eigenvalue weighted by Crippen LogP contribution is -2.15. The van der Waals surface area contributed by atoms with E-state index in [4.69, 9.17) is 10.5 Å². The molecule has 0 saturated heterocycles. The summed E-state index contributed by atoms with van der Waals surface area (Å²) in [7, 11) is 0. The van der Waals surface area contributed by atoms with Gasteiger partial charge >= 0.3 is 0 Å². The van der Waals surface area contributed by atoms with Gasteiger partial charge in [0.05, 0.1) is 21.7 Å². The Kier molecular flexibility index (Phi) is 6.71. The van der Waals surface area contributed by atoms with E-state index in [0.717, 1.165) is 30.7 Å². The first-order chi connectivity index (χ1) is 13.9. The van der Waals surface area contributed by atoms with Gasteiger partial charge in [-0.15, -0.1) is 11.8 Å². The summed E-state index contributed by atoms with van der Waals surface area (Å²) in [4.78, 5) is 34.4. The number of nitro groups is 1. The first-order valence-corrected chi connectivity index (χ1v) is 10.2. The van der Waals surface area contributed by atoms with Gasteiger partial charge in [0, 0.05) is 23.4 Å². The lowest BCUT2D eigenvalue weighted by molar-refractivity contribution is -0.387. The van der Waals surface area contributed by atoms with Crippen LogP contribution in [-0.2, 0) is 4.79 Å². The van der Waals surface area contributed by atoms with Gasteiger partial charge in [-0.3, -0.25) is 19.7 Å². The number of amides is 2. The van der Waals surface area contributed by atoms with Gasteiger partial charge in [-0.1, -0.05) is 6.07 Å². The first kappa shape index (κ1) is 20.7. The number of nitrogens with two attached hydrogens (primary N) is 1. The van der Waals surface area contributed by atoms with Crippen molar-refractivity contribution in [3.05, 3.63) is 58.1 Å². The van der Waals surface area contributed by atoms with Crippen LogP contribution in [0.25, 0.3) is 0 Å². The fraction of sp³-hybridized carbons (Fsp3) is 0.300. The van der Waals surface area contributed by atoms with Gasteiger partial charge < -0.3 is 15.8 Å². The van der Waals surface area contributed by atoms with Crippen LogP contribution in [0.15, 0.2) is 47.4 Å². The molecule has 1 aliphatic carbocycles. The highest BCUT2D eigenvalue weighted by Crippen LogP contribution is 2.30. The summed E-state index contributed by atoms with van der Waals surface area (Å²) in [6.07, 6.45) is 4.65. The zero-order valence-corrected chi connectivity index (χ0v) is 16.4. The number of nitro benzene ring substituents is 1. The van der Waals surface area contributed by atoms with Gasteiger partial charge in [0.15, 0.2) is 0 Å². The number of carbonyl (C=O) groups excluding carboxylic acids is 2. The normalized spacial score (nSPS) is 13.8. The molecular formula is C20H21N3O5S. The van der Waals surface area contributed by atoms with E-state index >= 15 is 0 Å². The smallest absolute Gasteiger partial charge is 0.283 e. The number of thioether (sulfide) groups is 1. The maximum Gasteiger partial charge on any atom is 0.283 e. The number of nitrogens with one attached hydrogen (secondary N) is 1. The second-order valence-corrected chi connectivity index (χ2v) is 7.71. The standard InChI is InChI=1S/C20H21N3O5S/c21-20(25)13-8-9-18(17(10-13)23(26)27)29-12-19(24)22-14-4-3-7-16(11-14)28-15-5-1-2-6-15/h3-4,7-11,15H,1-2,5-6,12H2,(H2,21,25)(H,22,24). The number of rotatable bonds is 8. The van der Waals surface area contributed by atoms with E-state index in [1.54, 1.807) is 18.2 Å². The topological polar surface area (TPSA) is 125 Å². The molecule has 2 aromatic carbocycles. The number of hydrogen-bond acceptors (Lipinski definition) is 6. The molecular weight excluding hydrogens is 394 g/mol. The molecule has 0 unspecified atom stereocenters. The molecule has 3 N–H and O–H groups in total. The van der Waals surface area contributed by atoms with Crippen molar-refractivity contribution >= 4 is 35.0 Å². The summed E-state index contributed by atoms with van der Waals surface area (Å²) >= 11 is 1.02. The quantitative estimate of drug-likeness (QED) is 0.384. The van der Waals surface area contributed by atoms with Crippen molar-refractivity contribution in [2.45, 2.75) is 36.7 Å². The van der Waals surface area contributed by atoms with Crippen LogP contribution in [0.4, 0.5) is 11.4 Å². The van der Waals surface area contributed by atoms with Crippen molar-refractivity contribution in [3.8, 4) is 5.75 Å². The number of anilines is 1. The number of ether oxygens (including phenoxy) is 1. The lowest BCUT2D eigenvalue weighted by atomic mass is 10.2. The van der Waals surface area contributed by atoms with Crippen molar-refractivity contribution in [2.24, 2.45) is 5.73 Å². The Morgan fingerprint density at radius 1 is 1.21 bits per heavy atom. The van der Waals surface area contributed by atoms with Gasteiger partial charge in [-0.2, -0.15) is 0 Å². The molecule has 29 heavy (non-hydrogen) atoms. The number of hydrogen-bond donors (Lipinski definition) is 2. The van der Waals surface area contributed by atoms with Crippen molar-refractivity contribution in [3.63, 3.8) is 0 Å². The molecule has 8 nitrogen and oxygen atoms in total. The monoisotopic (exact) mass is 415 g/mol. The van der Waals surface area contributed by atoms with Crippen LogP contribution < -0.4 is 15.8 Å². The maximum absolute atomic E-state index is 12.3. The van der Waals surface area contributed by atoms with Crippen LogP contribution in [0.1, 0.15) is 36.0 Å². The number of carbonyl (C=O) groups is 2. The van der Waals surface area contributed by atoms with Gasteiger partial charge in [0.25, 0.3) is 5.69 Å². The van der Waals surface area contributed by atoms with E-state index in [-0.39, 0.29) is 33.9 Å².